The molecule has 0 aliphatic rings. The summed E-state index contributed by atoms with van der Waals surface area (Å²) < 4.78 is 3.61. The number of amides is 1. The molecule has 1 amide bonds. The van der Waals surface area contributed by atoms with Gasteiger partial charge in [0.2, 0.25) is 5.91 Å². The van der Waals surface area contributed by atoms with E-state index >= 15 is 0 Å². The monoisotopic (exact) mass is 183 g/mol. The van der Waals surface area contributed by atoms with Crippen molar-refractivity contribution >= 4 is 22.4 Å². The Morgan fingerprint density at radius 3 is 3.25 bits per heavy atom. The summed E-state index contributed by atoms with van der Waals surface area (Å²) in [6.07, 6.45) is 4.39. The van der Waals surface area contributed by atoms with Gasteiger partial charge in [0.05, 0.1) is 6.20 Å². The van der Waals surface area contributed by atoms with Crippen molar-refractivity contribution in [3.8, 4) is 0 Å². The van der Waals surface area contributed by atoms with Gasteiger partial charge >= 0.3 is 0 Å². The van der Waals surface area contributed by atoms with Gasteiger partial charge in [0.1, 0.15) is 5.00 Å². The summed E-state index contributed by atoms with van der Waals surface area (Å²) in [7, 11) is 0. The van der Waals surface area contributed by atoms with Crippen LogP contribution in [0.25, 0.3) is 0 Å². The average Bonchev–Trinajstić information content (AvgIpc) is 2.53. The van der Waals surface area contributed by atoms with Crippen LogP contribution in [-0.4, -0.2) is 15.5 Å². The number of carbonyl (C=O) groups is 1. The van der Waals surface area contributed by atoms with E-state index < -0.39 is 0 Å². The van der Waals surface area contributed by atoms with Crippen LogP contribution in [0.3, 0.4) is 0 Å². The molecule has 0 unspecified atom stereocenters. The second kappa shape index (κ2) is 4.61. The molecule has 0 bridgehead atoms. The summed E-state index contributed by atoms with van der Waals surface area (Å²) in [5.41, 5.74) is 0. The minimum Gasteiger partial charge on any atom is -0.315 e. The van der Waals surface area contributed by atoms with Crippen molar-refractivity contribution in [3.05, 3.63) is 18.9 Å². The summed E-state index contributed by atoms with van der Waals surface area (Å²) in [4.78, 5) is 11.1. The van der Waals surface area contributed by atoms with Crippen molar-refractivity contribution in [2.75, 3.05) is 5.32 Å². The van der Waals surface area contributed by atoms with Crippen molar-refractivity contribution in [1.29, 1.82) is 0 Å². The molecule has 0 aliphatic carbocycles. The van der Waals surface area contributed by atoms with Crippen molar-refractivity contribution < 1.29 is 4.79 Å². The summed E-state index contributed by atoms with van der Waals surface area (Å²) in [5, 5.41) is 6.94. The molecule has 5 heteroatoms. The van der Waals surface area contributed by atoms with Gasteiger partial charge in [-0.1, -0.05) is 10.6 Å². The Balaban J connectivity index is 2.32. The molecule has 0 atom stereocenters. The number of carbonyl (C=O) groups excluding carboxylic acids is 1. The fourth-order valence-corrected chi connectivity index (χ4v) is 1.09. The SMILES string of the molecule is C=CCCC(=O)Nc1cnns1. The molecule has 1 N–H and O–H groups in total. The van der Waals surface area contributed by atoms with E-state index in [-0.39, 0.29) is 5.91 Å². The molecule has 0 radical (unpaired) electrons. The van der Waals surface area contributed by atoms with Crippen LogP contribution in [0.1, 0.15) is 12.8 Å². The first kappa shape index (κ1) is 8.86. The van der Waals surface area contributed by atoms with E-state index in [1.807, 2.05) is 0 Å². The smallest absolute Gasteiger partial charge is 0.225 e. The lowest BCUT2D eigenvalue weighted by atomic mass is 10.3. The second-order valence-electron chi connectivity index (χ2n) is 2.16. The van der Waals surface area contributed by atoms with Crippen molar-refractivity contribution in [3.63, 3.8) is 0 Å². The van der Waals surface area contributed by atoms with Crippen LogP contribution in [0.5, 0.6) is 0 Å². The standard InChI is InChI=1S/C7H9N3OS/c1-2-3-4-6(11)9-7-5-8-10-12-7/h2,5H,1,3-4H2,(H,9,11). The molecule has 1 rings (SSSR count). The maximum absolute atomic E-state index is 11.1. The Hall–Kier alpha value is -1.23. The van der Waals surface area contributed by atoms with Gasteiger partial charge in [-0.15, -0.1) is 11.7 Å². The van der Waals surface area contributed by atoms with Gasteiger partial charge in [-0.25, -0.2) is 0 Å². The number of hydrogen-bond donors (Lipinski definition) is 1. The third kappa shape index (κ3) is 2.79. The van der Waals surface area contributed by atoms with E-state index in [2.05, 4.69) is 21.5 Å². The molecular formula is C7H9N3OS. The molecule has 1 heterocycles. The van der Waals surface area contributed by atoms with Crippen LogP contribution in [0.2, 0.25) is 0 Å². The number of nitrogens with zero attached hydrogens (tertiary/aromatic N) is 2. The van der Waals surface area contributed by atoms with Crippen LogP contribution in [0.4, 0.5) is 5.00 Å². The van der Waals surface area contributed by atoms with Crippen LogP contribution < -0.4 is 5.32 Å². The zero-order chi connectivity index (χ0) is 8.81. The predicted octanol–water partition coefficient (Wildman–Crippen LogP) is 1.44. The van der Waals surface area contributed by atoms with Crippen LogP contribution in [0.15, 0.2) is 18.9 Å². The van der Waals surface area contributed by atoms with Gasteiger partial charge in [-0.05, 0) is 6.42 Å². The van der Waals surface area contributed by atoms with Gasteiger partial charge in [0.15, 0.2) is 0 Å². The van der Waals surface area contributed by atoms with Gasteiger partial charge < -0.3 is 5.32 Å². The topological polar surface area (TPSA) is 54.9 Å². The van der Waals surface area contributed by atoms with E-state index in [1.54, 1.807) is 6.08 Å². The van der Waals surface area contributed by atoms with Crippen molar-refractivity contribution in [2.24, 2.45) is 0 Å². The second-order valence-corrected chi connectivity index (χ2v) is 2.94. The molecule has 0 aromatic carbocycles. The molecule has 64 valence electrons. The summed E-state index contributed by atoms with van der Waals surface area (Å²) >= 11 is 1.17. The maximum Gasteiger partial charge on any atom is 0.225 e. The molecule has 0 saturated heterocycles. The molecule has 0 saturated carbocycles. The Labute approximate surface area is 74.5 Å². The van der Waals surface area contributed by atoms with Crippen LogP contribution in [0, 0.1) is 0 Å². The van der Waals surface area contributed by atoms with Crippen LogP contribution >= 0.6 is 11.5 Å². The highest BCUT2D eigenvalue weighted by Crippen LogP contribution is 2.09. The molecule has 0 fully saturated rings. The quantitative estimate of drug-likeness (QED) is 0.719. The average molecular weight is 183 g/mol. The molecule has 1 aromatic heterocycles. The number of nitrogens with one attached hydrogen (secondary N) is 1. The minimum absolute atomic E-state index is 0.0269. The predicted molar refractivity (Wildman–Crippen MR) is 48.0 cm³/mol. The highest BCUT2D eigenvalue weighted by Gasteiger charge is 2.01. The molecule has 12 heavy (non-hydrogen) atoms. The van der Waals surface area contributed by atoms with Gasteiger partial charge in [0, 0.05) is 18.0 Å². The number of rotatable bonds is 4. The number of anilines is 1. The van der Waals surface area contributed by atoms with Crippen molar-refractivity contribution in [1.82, 2.24) is 9.59 Å². The Morgan fingerprint density at radius 1 is 1.83 bits per heavy atom. The largest absolute Gasteiger partial charge is 0.315 e. The highest BCUT2D eigenvalue weighted by atomic mass is 32.1. The number of allylic oxidation sites excluding steroid dienone is 1. The van der Waals surface area contributed by atoms with E-state index in [4.69, 9.17) is 0 Å². The minimum atomic E-state index is -0.0269. The van der Waals surface area contributed by atoms with Gasteiger partial charge in [0.25, 0.3) is 0 Å². The molecule has 0 spiro atoms. The zero-order valence-electron chi connectivity index (χ0n) is 6.49. The Bertz CT molecular complexity index is 258. The third-order valence-electron chi connectivity index (χ3n) is 1.20. The molecule has 0 aliphatic heterocycles. The lowest BCUT2D eigenvalue weighted by Crippen LogP contribution is -2.09. The van der Waals surface area contributed by atoms with E-state index in [0.29, 0.717) is 17.8 Å². The summed E-state index contributed by atoms with van der Waals surface area (Å²) in [6, 6.07) is 0. The Kier molecular flexibility index (Phi) is 3.40. The fraction of sp³-hybridized carbons (Fsp3) is 0.286. The summed E-state index contributed by atoms with van der Waals surface area (Å²) in [6.45, 7) is 3.53. The third-order valence-corrected chi connectivity index (χ3v) is 1.78. The van der Waals surface area contributed by atoms with Gasteiger partial charge in [-0.3, -0.25) is 4.79 Å². The molecular weight excluding hydrogens is 174 g/mol. The molecule has 4 nitrogen and oxygen atoms in total. The molecule has 1 aromatic rings. The first-order chi connectivity index (χ1) is 5.83. The lowest BCUT2D eigenvalue weighted by Gasteiger charge is -1.97. The van der Waals surface area contributed by atoms with E-state index in [9.17, 15) is 4.79 Å². The summed E-state index contributed by atoms with van der Waals surface area (Å²) in [5.74, 6) is -0.0269. The first-order valence-electron chi connectivity index (χ1n) is 3.51. The van der Waals surface area contributed by atoms with E-state index in [0.717, 1.165) is 0 Å². The number of aromatic nitrogens is 2. The number of hydrogen-bond acceptors (Lipinski definition) is 4. The van der Waals surface area contributed by atoms with Gasteiger partial charge in [-0.2, -0.15) is 0 Å². The first-order valence-corrected chi connectivity index (χ1v) is 4.28. The zero-order valence-corrected chi connectivity index (χ0v) is 7.30. The highest BCUT2D eigenvalue weighted by molar-refractivity contribution is 7.10. The van der Waals surface area contributed by atoms with Crippen molar-refractivity contribution in [2.45, 2.75) is 12.8 Å². The Morgan fingerprint density at radius 2 is 2.67 bits per heavy atom. The maximum atomic E-state index is 11.1. The van der Waals surface area contributed by atoms with Crippen LogP contribution in [-0.2, 0) is 4.79 Å². The van der Waals surface area contributed by atoms with E-state index in [1.165, 1.54) is 17.7 Å². The normalized spacial score (nSPS) is 9.33. The lowest BCUT2D eigenvalue weighted by molar-refractivity contribution is -0.116. The fourth-order valence-electron chi connectivity index (χ4n) is 0.655.